The summed E-state index contributed by atoms with van der Waals surface area (Å²) in [5.74, 6) is 1.23. The molecule has 5 heteroatoms. The number of fused-ring (bicyclic) bond motifs is 1. The lowest BCUT2D eigenvalue weighted by Crippen LogP contribution is -2.62. The van der Waals surface area contributed by atoms with Crippen LogP contribution in [-0.4, -0.2) is 52.4 Å². The molecule has 3 fully saturated rings. The van der Waals surface area contributed by atoms with Crippen LogP contribution in [0.5, 0.6) is 0 Å². The predicted octanol–water partition coefficient (Wildman–Crippen LogP) is 3.36. The van der Waals surface area contributed by atoms with Gasteiger partial charge >= 0.3 is 0 Å². The summed E-state index contributed by atoms with van der Waals surface area (Å²) >= 11 is 0. The van der Waals surface area contributed by atoms with Crippen molar-refractivity contribution in [3.8, 4) is 0 Å². The van der Waals surface area contributed by atoms with Crippen LogP contribution in [0.15, 0.2) is 30.5 Å². The average Bonchev–Trinajstić information content (AvgIpc) is 2.98. The maximum absolute atomic E-state index is 12.9. The normalized spacial score (nSPS) is 21.3. The SMILES string of the molecule is Cn1cc(CC(=O)N2CC3(CCN(C(=O)CC4CCC4)CC3)C2)c2ccccc21. The molecule has 0 bridgehead atoms. The fourth-order valence-electron chi connectivity index (χ4n) is 5.40. The zero-order chi connectivity index (χ0) is 20.0. The third kappa shape index (κ3) is 3.45. The van der Waals surface area contributed by atoms with Gasteiger partial charge in [-0.2, -0.15) is 0 Å². The summed E-state index contributed by atoms with van der Waals surface area (Å²) in [6, 6.07) is 8.28. The topological polar surface area (TPSA) is 45.6 Å². The van der Waals surface area contributed by atoms with Crippen molar-refractivity contribution in [1.82, 2.24) is 14.4 Å². The molecule has 1 aromatic carbocycles. The molecule has 5 nitrogen and oxygen atoms in total. The number of rotatable bonds is 4. The van der Waals surface area contributed by atoms with Crippen LogP contribution >= 0.6 is 0 Å². The number of likely N-dealkylation sites (tertiary alicyclic amines) is 2. The number of para-hydroxylation sites is 1. The van der Waals surface area contributed by atoms with E-state index in [0.717, 1.165) is 51.0 Å². The number of aryl methyl sites for hydroxylation is 1. The van der Waals surface area contributed by atoms with E-state index in [9.17, 15) is 9.59 Å². The summed E-state index contributed by atoms with van der Waals surface area (Å²) in [7, 11) is 2.04. The van der Waals surface area contributed by atoms with E-state index in [1.54, 1.807) is 0 Å². The molecule has 0 N–H and O–H groups in total. The molecule has 154 valence electrons. The summed E-state index contributed by atoms with van der Waals surface area (Å²) in [4.78, 5) is 29.4. The molecular weight excluding hydrogens is 362 g/mol. The van der Waals surface area contributed by atoms with E-state index in [1.807, 2.05) is 24.1 Å². The van der Waals surface area contributed by atoms with Crippen molar-refractivity contribution < 1.29 is 9.59 Å². The van der Waals surface area contributed by atoms with E-state index in [-0.39, 0.29) is 11.3 Å². The minimum absolute atomic E-state index is 0.232. The Morgan fingerprint density at radius 2 is 1.76 bits per heavy atom. The minimum Gasteiger partial charge on any atom is -0.350 e. The number of piperidine rings is 1. The Balaban J connectivity index is 1.14. The van der Waals surface area contributed by atoms with E-state index in [4.69, 9.17) is 0 Å². The number of carbonyl (C=O) groups excluding carboxylic acids is 2. The van der Waals surface area contributed by atoms with Gasteiger partial charge in [0.25, 0.3) is 0 Å². The highest BCUT2D eigenvalue weighted by molar-refractivity contribution is 5.89. The van der Waals surface area contributed by atoms with Gasteiger partial charge in [0.15, 0.2) is 0 Å². The third-order valence-corrected chi connectivity index (χ3v) is 7.59. The molecule has 3 heterocycles. The van der Waals surface area contributed by atoms with Crippen molar-refractivity contribution in [2.24, 2.45) is 18.4 Å². The second-order valence-electron chi connectivity index (χ2n) is 9.59. The van der Waals surface area contributed by atoms with E-state index in [2.05, 4.69) is 27.8 Å². The molecule has 2 aliphatic heterocycles. The maximum atomic E-state index is 12.9. The number of benzene rings is 1. The van der Waals surface area contributed by atoms with Crippen molar-refractivity contribution in [2.45, 2.75) is 44.9 Å². The van der Waals surface area contributed by atoms with Gasteiger partial charge in [-0.05, 0) is 43.2 Å². The standard InChI is InChI=1S/C24H31N3O2/c1-25-15-19(20-7-2-3-8-21(20)25)14-23(29)27-16-24(17-27)9-11-26(12-10-24)22(28)13-18-5-4-6-18/h2-3,7-8,15,18H,4-6,9-14,16-17H2,1H3. The van der Waals surface area contributed by atoms with Gasteiger partial charge in [0.2, 0.25) is 11.8 Å². The van der Waals surface area contributed by atoms with Gasteiger partial charge in [-0.25, -0.2) is 0 Å². The third-order valence-electron chi connectivity index (χ3n) is 7.59. The molecule has 0 unspecified atom stereocenters. The van der Waals surface area contributed by atoms with Crippen molar-refractivity contribution in [3.05, 3.63) is 36.0 Å². The lowest BCUT2D eigenvalue weighted by Gasteiger charge is -2.54. The number of hydrogen-bond acceptors (Lipinski definition) is 2. The van der Waals surface area contributed by atoms with Gasteiger partial charge in [0, 0.05) is 62.2 Å². The molecule has 0 atom stereocenters. The smallest absolute Gasteiger partial charge is 0.227 e. The molecule has 2 aromatic rings. The van der Waals surface area contributed by atoms with Crippen LogP contribution in [0.2, 0.25) is 0 Å². The predicted molar refractivity (Wildman–Crippen MR) is 113 cm³/mol. The number of carbonyl (C=O) groups is 2. The number of nitrogens with zero attached hydrogens (tertiary/aromatic N) is 3. The zero-order valence-corrected chi connectivity index (χ0v) is 17.4. The largest absolute Gasteiger partial charge is 0.350 e. The van der Waals surface area contributed by atoms with E-state index >= 15 is 0 Å². The monoisotopic (exact) mass is 393 g/mol. The molecule has 0 radical (unpaired) electrons. The fraction of sp³-hybridized carbons (Fsp3) is 0.583. The highest BCUT2D eigenvalue weighted by Crippen LogP contribution is 2.41. The molecule has 2 saturated heterocycles. The lowest BCUT2D eigenvalue weighted by molar-refractivity contribution is -0.150. The first kappa shape index (κ1) is 18.7. The molecule has 1 saturated carbocycles. The molecule has 2 amide bonds. The zero-order valence-electron chi connectivity index (χ0n) is 17.4. The molecule has 29 heavy (non-hydrogen) atoms. The Bertz CT molecular complexity index is 927. The fourth-order valence-corrected chi connectivity index (χ4v) is 5.40. The maximum Gasteiger partial charge on any atom is 0.227 e. The number of aromatic nitrogens is 1. The summed E-state index contributed by atoms with van der Waals surface area (Å²) in [5, 5.41) is 1.18. The van der Waals surface area contributed by atoms with E-state index in [0.29, 0.717) is 18.2 Å². The Morgan fingerprint density at radius 3 is 2.45 bits per heavy atom. The van der Waals surface area contributed by atoms with Gasteiger partial charge in [-0.1, -0.05) is 24.6 Å². The number of hydrogen-bond donors (Lipinski definition) is 0. The average molecular weight is 394 g/mol. The molecular formula is C24H31N3O2. The van der Waals surface area contributed by atoms with Gasteiger partial charge < -0.3 is 14.4 Å². The Kier molecular flexibility index (Phi) is 4.64. The summed E-state index contributed by atoms with van der Waals surface area (Å²) in [5.41, 5.74) is 2.54. The van der Waals surface area contributed by atoms with Crippen molar-refractivity contribution in [3.63, 3.8) is 0 Å². The van der Waals surface area contributed by atoms with Gasteiger partial charge in [0.05, 0.1) is 6.42 Å². The second-order valence-corrected chi connectivity index (χ2v) is 9.59. The summed E-state index contributed by atoms with van der Waals surface area (Å²) < 4.78 is 2.10. The van der Waals surface area contributed by atoms with Crippen LogP contribution in [0.4, 0.5) is 0 Å². The Hall–Kier alpha value is -2.30. The molecule has 5 rings (SSSR count). The first-order valence-electron chi connectivity index (χ1n) is 11.1. The molecule has 1 aromatic heterocycles. The van der Waals surface area contributed by atoms with Gasteiger partial charge in [-0.3, -0.25) is 9.59 Å². The molecule has 1 aliphatic carbocycles. The quantitative estimate of drug-likeness (QED) is 0.800. The van der Waals surface area contributed by atoms with Crippen molar-refractivity contribution >= 4 is 22.7 Å². The Morgan fingerprint density at radius 1 is 1.03 bits per heavy atom. The van der Waals surface area contributed by atoms with Crippen molar-refractivity contribution in [2.75, 3.05) is 26.2 Å². The van der Waals surface area contributed by atoms with Crippen LogP contribution in [0.25, 0.3) is 10.9 Å². The van der Waals surface area contributed by atoms with E-state index in [1.165, 1.54) is 30.2 Å². The van der Waals surface area contributed by atoms with Crippen LogP contribution in [-0.2, 0) is 23.1 Å². The number of amides is 2. The highest BCUT2D eigenvalue weighted by Gasteiger charge is 2.47. The Labute approximate surface area is 172 Å². The van der Waals surface area contributed by atoms with Crippen molar-refractivity contribution in [1.29, 1.82) is 0 Å². The highest BCUT2D eigenvalue weighted by atomic mass is 16.2. The first-order chi connectivity index (χ1) is 14.0. The van der Waals surface area contributed by atoms with Crippen LogP contribution < -0.4 is 0 Å². The first-order valence-corrected chi connectivity index (χ1v) is 11.1. The summed E-state index contributed by atoms with van der Waals surface area (Å²) in [6.45, 7) is 3.47. The molecule has 3 aliphatic rings. The molecule has 1 spiro atoms. The van der Waals surface area contributed by atoms with Gasteiger partial charge in [-0.15, -0.1) is 0 Å². The second kappa shape index (κ2) is 7.19. The lowest BCUT2D eigenvalue weighted by atomic mass is 9.71. The van der Waals surface area contributed by atoms with Crippen LogP contribution in [0, 0.1) is 11.3 Å². The van der Waals surface area contributed by atoms with E-state index < -0.39 is 0 Å². The summed E-state index contributed by atoms with van der Waals surface area (Å²) in [6.07, 6.45) is 9.16. The minimum atomic E-state index is 0.232. The van der Waals surface area contributed by atoms with Crippen LogP contribution in [0.3, 0.4) is 0 Å². The van der Waals surface area contributed by atoms with Crippen LogP contribution in [0.1, 0.15) is 44.1 Å². The van der Waals surface area contributed by atoms with Gasteiger partial charge in [0.1, 0.15) is 0 Å².